The maximum absolute atomic E-state index is 12.5. The Balaban J connectivity index is 1.75. The number of hydrogen-bond acceptors (Lipinski definition) is 4. The van der Waals surface area contributed by atoms with Gasteiger partial charge in [-0.3, -0.25) is 19.7 Å². The molecule has 1 saturated heterocycles. The van der Waals surface area contributed by atoms with Crippen LogP contribution in [0.3, 0.4) is 0 Å². The van der Waals surface area contributed by atoms with Crippen LogP contribution in [0.2, 0.25) is 5.02 Å². The van der Waals surface area contributed by atoms with Crippen LogP contribution in [0.15, 0.2) is 42.5 Å². The Hall–Kier alpha value is -2.93. The molecule has 2 amide bonds. The summed E-state index contributed by atoms with van der Waals surface area (Å²) in [4.78, 5) is 36.6. The van der Waals surface area contributed by atoms with Crippen LogP contribution >= 0.6 is 11.6 Å². The van der Waals surface area contributed by atoms with Gasteiger partial charge in [-0.25, -0.2) is 0 Å². The van der Waals surface area contributed by atoms with Gasteiger partial charge in [-0.05, 0) is 30.7 Å². The first kappa shape index (κ1) is 17.9. The number of rotatable bonds is 4. The second-order valence-electron chi connectivity index (χ2n) is 6.13. The topological polar surface area (TPSA) is 92.6 Å². The van der Waals surface area contributed by atoms with E-state index in [0.717, 1.165) is 5.56 Å². The first-order chi connectivity index (χ1) is 12.3. The second-order valence-corrected chi connectivity index (χ2v) is 6.57. The van der Waals surface area contributed by atoms with Crippen LogP contribution in [0.1, 0.15) is 12.0 Å². The van der Waals surface area contributed by atoms with Crippen LogP contribution < -0.4 is 10.2 Å². The van der Waals surface area contributed by atoms with Gasteiger partial charge in [0.2, 0.25) is 11.8 Å². The normalized spacial score (nSPS) is 16.6. The zero-order chi connectivity index (χ0) is 18.8. The molecule has 7 nitrogen and oxygen atoms in total. The molecular formula is C18H16ClN3O4. The number of benzene rings is 2. The highest BCUT2D eigenvalue weighted by Gasteiger charge is 2.35. The average molecular weight is 374 g/mol. The van der Waals surface area contributed by atoms with Gasteiger partial charge in [0.25, 0.3) is 5.69 Å². The molecule has 1 N–H and O–H groups in total. The lowest BCUT2D eigenvalue weighted by molar-refractivity contribution is -0.384. The van der Waals surface area contributed by atoms with Crippen LogP contribution in [0.25, 0.3) is 0 Å². The molecule has 26 heavy (non-hydrogen) atoms. The Morgan fingerprint density at radius 3 is 2.81 bits per heavy atom. The van der Waals surface area contributed by atoms with Crippen molar-refractivity contribution in [1.29, 1.82) is 0 Å². The van der Waals surface area contributed by atoms with E-state index < -0.39 is 10.8 Å². The van der Waals surface area contributed by atoms with Crippen molar-refractivity contribution in [2.75, 3.05) is 16.8 Å². The third-order valence-electron chi connectivity index (χ3n) is 4.31. The van der Waals surface area contributed by atoms with E-state index in [1.165, 1.54) is 23.1 Å². The number of nitro benzene ring substituents is 1. The van der Waals surface area contributed by atoms with Gasteiger partial charge in [0.1, 0.15) is 0 Å². The minimum absolute atomic E-state index is 0.0497. The van der Waals surface area contributed by atoms with Gasteiger partial charge in [0.15, 0.2) is 0 Å². The lowest BCUT2D eigenvalue weighted by Gasteiger charge is -2.17. The van der Waals surface area contributed by atoms with Crippen LogP contribution in [0.4, 0.5) is 17.1 Å². The number of carbonyl (C=O) groups excluding carboxylic acids is 2. The molecule has 134 valence electrons. The highest BCUT2D eigenvalue weighted by molar-refractivity contribution is 6.31. The summed E-state index contributed by atoms with van der Waals surface area (Å²) in [6, 6.07) is 11.0. The van der Waals surface area contributed by atoms with Crippen molar-refractivity contribution in [2.24, 2.45) is 5.92 Å². The van der Waals surface area contributed by atoms with Crippen LogP contribution in [-0.2, 0) is 9.59 Å². The van der Waals surface area contributed by atoms with Gasteiger partial charge in [0, 0.05) is 35.8 Å². The minimum Gasteiger partial charge on any atom is -0.325 e. The number of carbonyl (C=O) groups is 2. The molecule has 0 aromatic heterocycles. The average Bonchev–Trinajstić information content (AvgIpc) is 3.00. The Bertz CT molecular complexity index is 900. The van der Waals surface area contributed by atoms with E-state index >= 15 is 0 Å². The lowest BCUT2D eigenvalue weighted by atomic mass is 10.1. The maximum Gasteiger partial charge on any atom is 0.271 e. The lowest BCUT2D eigenvalue weighted by Crippen LogP contribution is -2.28. The third-order valence-corrected chi connectivity index (χ3v) is 4.54. The summed E-state index contributed by atoms with van der Waals surface area (Å²) in [5.74, 6) is -1.06. The highest BCUT2D eigenvalue weighted by atomic mass is 35.5. The fourth-order valence-electron chi connectivity index (χ4n) is 2.87. The molecule has 0 unspecified atom stereocenters. The van der Waals surface area contributed by atoms with Crippen molar-refractivity contribution in [1.82, 2.24) is 0 Å². The molecule has 0 spiro atoms. The number of nitrogens with zero attached hydrogens (tertiary/aromatic N) is 2. The molecule has 0 aliphatic carbocycles. The summed E-state index contributed by atoms with van der Waals surface area (Å²) >= 11 is 5.96. The maximum atomic E-state index is 12.5. The van der Waals surface area contributed by atoms with Crippen LogP contribution in [0, 0.1) is 23.0 Å². The van der Waals surface area contributed by atoms with Crippen LogP contribution in [0.5, 0.6) is 0 Å². The van der Waals surface area contributed by atoms with E-state index in [-0.39, 0.29) is 30.5 Å². The van der Waals surface area contributed by atoms with E-state index in [0.29, 0.717) is 16.4 Å². The minimum atomic E-state index is -0.542. The van der Waals surface area contributed by atoms with Gasteiger partial charge in [-0.1, -0.05) is 23.7 Å². The van der Waals surface area contributed by atoms with Crippen molar-refractivity contribution in [3.63, 3.8) is 0 Å². The zero-order valence-electron chi connectivity index (χ0n) is 13.9. The number of nitro groups is 1. The number of anilines is 2. The number of halogens is 1. The molecule has 0 radical (unpaired) electrons. The summed E-state index contributed by atoms with van der Waals surface area (Å²) < 4.78 is 0. The highest BCUT2D eigenvalue weighted by Crippen LogP contribution is 2.29. The van der Waals surface area contributed by atoms with Crippen molar-refractivity contribution in [3.8, 4) is 0 Å². The molecule has 1 aliphatic rings. The largest absolute Gasteiger partial charge is 0.325 e. The Labute approximate surface area is 154 Å². The summed E-state index contributed by atoms with van der Waals surface area (Å²) in [5.41, 5.74) is 1.78. The SMILES string of the molecule is Cc1ccc(Cl)cc1NC(=O)[C@@H]1CC(=O)N(c2cccc([N+](=O)[O-])c2)C1. The van der Waals surface area contributed by atoms with Crippen molar-refractivity contribution >= 4 is 40.5 Å². The monoisotopic (exact) mass is 373 g/mol. The van der Waals surface area contributed by atoms with Gasteiger partial charge in [-0.2, -0.15) is 0 Å². The van der Waals surface area contributed by atoms with Gasteiger partial charge in [-0.15, -0.1) is 0 Å². The molecular weight excluding hydrogens is 358 g/mol. The van der Waals surface area contributed by atoms with E-state index in [9.17, 15) is 19.7 Å². The third kappa shape index (κ3) is 3.67. The van der Waals surface area contributed by atoms with E-state index in [1.807, 2.05) is 6.92 Å². The molecule has 2 aromatic carbocycles. The first-order valence-corrected chi connectivity index (χ1v) is 8.35. The molecule has 1 fully saturated rings. The Kier molecular flexibility index (Phi) is 4.90. The quantitative estimate of drug-likeness (QED) is 0.655. The molecule has 8 heteroatoms. The number of hydrogen-bond donors (Lipinski definition) is 1. The fraction of sp³-hybridized carbons (Fsp3) is 0.222. The van der Waals surface area contributed by atoms with Gasteiger partial charge in [0.05, 0.1) is 16.5 Å². The van der Waals surface area contributed by atoms with Gasteiger partial charge < -0.3 is 10.2 Å². The predicted molar refractivity (Wildman–Crippen MR) is 98.4 cm³/mol. The molecule has 0 bridgehead atoms. The summed E-state index contributed by atoms with van der Waals surface area (Å²) in [6.45, 7) is 2.02. The van der Waals surface area contributed by atoms with Crippen molar-refractivity contribution in [3.05, 3.63) is 63.2 Å². The fourth-order valence-corrected chi connectivity index (χ4v) is 3.04. The number of non-ortho nitro benzene ring substituents is 1. The zero-order valence-corrected chi connectivity index (χ0v) is 14.7. The van der Waals surface area contributed by atoms with Crippen LogP contribution in [-0.4, -0.2) is 23.3 Å². The molecule has 1 heterocycles. The number of nitrogens with one attached hydrogen (secondary N) is 1. The molecule has 1 aliphatic heterocycles. The van der Waals surface area contributed by atoms with E-state index in [2.05, 4.69) is 5.32 Å². The summed E-state index contributed by atoms with van der Waals surface area (Å²) in [5, 5.41) is 14.2. The van der Waals surface area contributed by atoms with E-state index in [4.69, 9.17) is 11.6 Å². The molecule has 0 saturated carbocycles. The summed E-state index contributed by atoms with van der Waals surface area (Å²) in [6.07, 6.45) is 0.0497. The standard InChI is InChI=1S/C18H16ClN3O4/c1-11-5-6-13(19)8-16(11)20-18(24)12-7-17(23)21(10-12)14-3-2-4-15(9-14)22(25)26/h2-6,8-9,12H,7,10H2,1H3,(H,20,24)/t12-/m1/s1. The van der Waals surface area contributed by atoms with E-state index in [1.54, 1.807) is 24.3 Å². The van der Waals surface area contributed by atoms with Crippen molar-refractivity contribution in [2.45, 2.75) is 13.3 Å². The smallest absolute Gasteiger partial charge is 0.271 e. The predicted octanol–water partition coefficient (Wildman–Crippen LogP) is 3.55. The summed E-state index contributed by atoms with van der Waals surface area (Å²) in [7, 11) is 0. The number of amides is 2. The molecule has 3 rings (SSSR count). The second kappa shape index (κ2) is 7.13. The Morgan fingerprint density at radius 2 is 2.08 bits per heavy atom. The molecule has 1 atom stereocenters. The van der Waals surface area contributed by atoms with Gasteiger partial charge >= 0.3 is 0 Å². The first-order valence-electron chi connectivity index (χ1n) is 7.97. The molecule has 2 aromatic rings. The number of aryl methyl sites for hydroxylation is 1. The van der Waals surface area contributed by atoms with Crippen molar-refractivity contribution < 1.29 is 14.5 Å². The Morgan fingerprint density at radius 1 is 1.31 bits per heavy atom.